The Hall–Kier alpha value is -2.95. The molecular formula is C20H18N2O3. The largest absolute Gasteiger partial charge is 0.360 e. The summed E-state index contributed by atoms with van der Waals surface area (Å²) in [5.74, 6) is 0.351. The molecule has 25 heavy (non-hydrogen) atoms. The molecule has 0 saturated carbocycles. The third-order valence-corrected chi connectivity index (χ3v) is 4.46. The van der Waals surface area contributed by atoms with Gasteiger partial charge in [-0.25, -0.2) is 4.79 Å². The second-order valence-corrected chi connectivity index (χ2v) is 6.22. The molecule has 0 N–H and O–H groups in total. The Labute approximate surface area is 145 Å². The molecule has 0 unspecified atom stereocenters. The van der Waals surface area contributed by atoms with Gasteiger partial charge in [0, 0.05) is 13.3 Å². The van der Waals surface area contributed by atoms with Crippen LogP contribution in [0.25, 0.3) is 10.8 Å². The van der Waals surface area contributed by atoms with Crippen molar-refractivity contribution in [1.82, 2.24) is 5.16 Å². The minimum Gasteiger partial charge on any atom is -0.360 e. The fourth-order valence-electron chi connectivity index (χ4n) is 3.36. The van der Waals surface area contributed by atoms with Crippen molar-refractivity contribution in [2.45, 2.75) is 32.6 Å². The number of aryl methyl sites for hydroxylation is 1. The fourth-order valence-corrected chi connectivity index (χ4v) is 3.36. The van der Waals surface area contributed by atoms with Crippen LogP contribution in [0.4, 0.5) is 0 Å². The number of nitrogens with zero attached hydrogens (tertiary/aromatic N) is 2. The van der Waals surface area contributed by atoms with Crippen molar-refractivity contribution in [2.75, 3.05) is 0 Å². The van der Waals surface area contributed by atoms with Crippen LogP contribution in [0.1, 0.15) is 42.3 Å². The molecule has 2 aromatic carbocycles. The van der Waals surface area contributed by atoms with Gasteiger partial charge < -0.3 is 9.36 Å². The van der Waals surface area contributed by atoms with E-state index >= 15 is 0 Å². The number of fused-ring (bicyclic) bond motifs is 2. The highest BCUT2D eigenvalue weighted by Gasteiger charge is 2.26. The van der Waals surface area contributed by atoms with Gasteiger partial charge in [-0.3, -0.25) is 0 Å². The van der Waals surface area contributed by atoms with Crippen molar-refractivity contribution < 1.29 is 14.2 Å². The fraction of sp³-hybridized carbons (Fsp3) is 0.250. The molecule has 3 aromatic rings. The van der Waals surface area contributed by atoms with Gasteiger partial charge in [-0.05, 0) is 35.6 Å². The summed E-state index contributed by atoms with van der Waals surface area (Å²) < 4.78 is 5.64. The number of carbonyl (C=O) groups excluding carboxylic acids is 1. The van der Waals surface area contributed by atoms with Gasteiger partial charge in [0.25, 0.3) is 0 Å². The highest BCUT2D eigenvalue weighted by molar-refractivity contribution is 6.03. The Morgan fingerprint density at radius 3 is 2.92 bits per heavy atom. The number of aromatic nitrogens is 1. The molecule has 4 rings (SSSR count). The topological polar surface area (TPSA) is 64.7 Å². The van der Waals surface area contributed by atoms with Crippen molar-refractivity contribution >= 4 is 22.5 Å². The van der Waals surface area contributed by atoms with E-state index < -0.39 is 5.97 Å². The van der Waals surface area contributed by atoms with E-state index in [1.165, 1.54) is 23.3 Å². The predicted molar refractivity (Wildman–Crippen MR) is 94.5 cm³/mol. The number of benzene rings is 2. The smallest absolute Gasteiger partial charge is 0.331 e. The second kappa shape index (κ2) is 6.51. The molecule has 5 heteroatoms. The number of carbonyl (C=O) groups is 1. The normalized spacial score (nSPS) is 15.3. The average Bonchev–Trinajstić information content (AvgIpc) is 3.04. The van der Waals surface area contributed by atoms with E-state index in [0.717, 1.165) is 42.0 Å². The van der Waals surface area contributed by atoms with Gasteiger partial charge in [0.15, 0.2) is 5.76 Å². The SMILES string of the molecule is CC(=O)ON=C1CCCc2noc(Cc3cccc4ccccc34)c21. The Morgan fingerprint density at radius 1 is 1.20 bits per heavy atom. The van der Waals surface area contributed by atoms with E-state index in [-0.39, 0.29) is 0 Å². The lowest BCUT2D eigenvalue weighted by atomic mass is 9.91. The van der Waals surface area contributed by atoms with Crippen LogP contribution >= 0.6 is 0 Å². The molecule has 5 nitrogen and oxygen atoms in total. The number of rotatable bonds is 3. The summed E-state index contributed by atoms with van der Waals surface area (Å²) in [6.07, 6.45) is 3.16. The van der Waals surface area contributed by atoms with Crippen LogP contribution in [0.2, 0.25) is 0 Å². The summed E-state index contributed by atoms with van der Waals surface area (Å²) in [4.78, 5) is 16.0. The minimum absolute atomic E-state index is 0.424. The summed E-state index contributed by atoms with van der Waals surface area (Å²) >= 11 is 0. The molecule has 0 bridgehead atoms. The number of hydrogen-bond donors (Lipinski definition) is 0. The van der Waals surface area contributed by atoms with E-state index in [2.05, 4.69) is 34.6 Å². The number of hydrogen-bond acceptors (Lipinski definition) is 5. The van der Waals surface area contributed by atoms with E-state index in [1.54, 1.807) is 0 Å². The summed E-state index contributed by atoms with van der Waals surface area (Å²) in [7, 11) is 0. The molecule has 0 atom stereocenters. The minimum atomic E-state index is -0.424. The molecule has 0 fully saturated rings. The molecule has 0 saturated heterocycles. The predicted octanol–water partition coefficient (Wildman–Crippen LogP) is 4.02. The van der Waals surface area contributed by atoms with Crippen molar-refractivity contribution in [3.05, 3.63) is 65.0 Å². The first-order valence-electron chi connectivity index (χ1n) is 8.41. The highest BCUT2D eigenvalue weighted by atomic mass is 16.7. The Balaban J connectivity index is 1.74. The average molecular weight is 334 g/mol. The summed E-state index contributed by atoms with van der Waals surface area (Å²) in [6, 6.07) is 14.5. The third kappa shape index (κ3) is 3.05. The number of oxime groups is 1. The van der Waals surface area contributed by atoms with E-state index in [1.807, 2.05) is 18.2 Å². The summed E-state index contributed by atoms with van der Waals surface area (Å²) in [5, 5.41) is 10.6. The van der Waals surface area contributed by atoms with Gasteiger partial charge in [0.05, 0.1) is 17.0 Å². The molecule has 0 radical (unpaired) electrons. The van der Waals surface area contributed by atoms with Crippen LogP contribution in [0, 0.1) is 0 Å². The standard InChI is InChI=1S/C20H18N2O3/c1-13(23)24-21-17-10-5-11-18-20(17)19(25-22-18)12-15-8-4-7-14-6-2-3-9-16(14)15/h2-4,6-9H,5,10-12H2,1H3. The summed E-state index contributed by atoms with van der Waals surface area (Å²) in [6.45, 7) is 1.35. The quantitative estimate of drug-likeness (QED) is 0.536. The van der Waals surface area contributed by atoms with Crippen molar-refractivity contribution in [3.8, 4) is 0 Å². The molecule has 126 valence electrons. The van der Waals surface area contributed by atoms with Crippen LogP contribution in [0.5, 0.6) is 0 Å². The zero-order valence-corrected chi connectivity index (χ0v) is 14.0. The van der Waals surface area contributed by atoms with Crippen LogP contribution in [0.3, 0.4) is 0 Å². The Kier molecular flexibility index (Phi) is 4.06. The molecule has 1 aliphatic rings. The highest BCUT2D eigenvalue weighted by Crippen LogP contribution is 2.28. The molecular weight excluding hydrogens is 316 g/mol. The van der Waals surface area contributed by atoms with Gasteiger partial charge in [0.1, 0.15) is 0 Å². The van der Waals surface area contributed by atoms with Crippen molar-refractivity contribution in [3.63, 3.8) is 0 Å². The van der Waals surface area contributed by atoms with Gasteiger partial charge in [-0.2, -0.15) is 0 Å². The Bertz CT molecular complexity index is 967. The van der Waals surface area contributed by atoms with Crippen LogP contribution in [-0.2, 0) is 22.5 Å². The van der Waals surface area contributed by atoms with Crippen LogP contribution in [-0.4, -0.2) is 16.8 Å². The van der Waals surface area contributed by atoms with Crippen molar-refractivity contribution in [1.29, 1.82) is 0 Å². The molecule has 0 spiro atoms. The Morgan fingerprint density at radius 2 is 2.04 bits per heavy atom. The van der Waals surface area contributed by atoms with Crippen LogP contribution in [0.15, 0.2) is 52.1 Å². The molecule has 0 amide bonds. The first kappa shape index (κ1) is 15.6. The third-order valence-electron chi connectivity index (χ3n) is 4.46. The van der Waals surface area contributed by atoms with Crippen molar-refractivity contribution in [2.24, 2.45) is 5.16 Å². The lowest BCUT2D eigenvalue weighted by Gasteiger charge is -2.12. The zero-order valence-electron chi connectivity index (χ0n) is 14.0. The van der Waals surface area contributed by atoms with Crippen LogP contribution < -0.4 is 0 Å². The molecule has 1 aromatic heterocycles. The second-order valence-electron chi connectivity index (χ2n) is 6.22. The zero-order chi connectivity index (χ0) is 17.2. The summed E-state index contributed by atoms with van der Waals surface area (Å²) in [5.41, 5.74) is 3.72. The van der Waals surface area contributed by atoms with Gasteiger partial charge >= 0.3 is 5.97 Å². The van der Waals surface area contributed by atoms with E-state index in [9.17, 15) is 4.79 Å². The maximum Gasteiger partial charge on any atom is 0.331 e. The maximum absolute atomic E-state index is 11.1. The maximum atomic E-state index is 11.1. The van der Waals surface area contributed by atoms with Gasteiger partial charge in [0.2, 0.25) is 0 Å². The van der Waals surface area contributed by atoms with E-state index in [0.29, 0.717) is 6.42 Å². The first-order valence-corrected chi connectivity index (χ1v) is 8.41. The lowest BCUT2D eigenvalue weighted by Crippen LogP contribution is -2.14. The first-order chi connectivity index (χ1) is 12.2. The molecule has 1 aliphatic carbocycles. The lowest BCUT2D eigenvalue weighted by molar-refractivity contribution is -0.140. The molecule has 1 heterocycles. The van der Waals surface area contributed by atoms with Gasteiger partial charge in [-0.1, -0.05) is 52.8 Å². The van der Waals surface area contributed by atoms with E-state index in [4.69, 9.17) is 9.36 Å². The monoisotopic (exact) mass is 334 g/mol. The van der Waals surface area contributed by atoms with Gasteiger partial charge in [-0.15, -0.1) is 0 Å². The molecule has 0 aliphatic heterocycles.